The molecule has 2 aromatic heterocycles. The van der Waals surface area contributed by atoms with Crippen LogP contribution in [0.2, 0.25) is 20.1 Å². The molecule has 0 radical (unpaired) electrons. The van der Waals surface area contributed by atoms with Gasteiger partial charge in [-0.05, 0) is 12.8 Å². The third kappa shape index (κ3) is 8.02. The SMILES string of the molecule is O=C(NCCCCCCNC(=O)Nc1c(Cl)cncc1Cl)Nc1c(Cl)cncc1Cl. The fourth-order valence-electron chi connectivity index (χ4n) is 2.38. The molecule has 0 spiro atoms. The van der Waals surface area contributed by atoms with Crippen molar-refractivity contribution in [3.63, 3.8) is 0 Å². The zero-order chi connectivity index (χ0) is 21.9. The van der Waals surface area contributed by atoms with Gasteiger partial charge in [0.2, 0.25) is 0 Å². The van der Waals surface area contributed by atoms with E-state index in [1.807, 2.05) is 0 Å². The van der Waals surface area contributed by atoms with E-state index in [4.69, 9.17) is 46.4 Å². The molecule has 2 heterocycles. The van der Waals surface area contributed by atoms with Crippen molar-refractivity contribution >= 4 is 69.8 Å². The van der Waals surface area contributed by atoms with E-state index in [-0.39, 0.29) is 20.1 Å². The van der Waals surface area contributed by atoms with E-state index >= 15 is 0 Å². The Bertz CT molecular complexity index is 772. The lowest BCUT2D eigenvalue weighted by molar-refractivity contribution is 0.250. The Morgan fingerprint density at radius 3 is 1.30 bits per heavy atom. The second-order valence-electron chi connectivity index (χ2n) is 6.13. The number of aromatic nitrogens is 2. The van der Waals surface area contributed by atoms with Gasteiger partial charge in [0, 0.05) is 37.9 Å². The number of anilines is 2. The monoisotopic (exact) mass is 492 g/mol. The molecule has 0 atom stereocenters. The smallest absolute Gasteiger partial charge is 0.319 e. The highest BCUT2D eigenvalue weighted by Crippen LogP contribution is 2.29. The molecule has 0 unspecified atom stereocenters. The summed E-state index contributed by atoms with van der Waals surface area (Å²) in [6.45, 7) is 0.998. The number of unbranched alkanes of at least 4 members (excludes halogenated alkanes) is 3. The van der Waals surface area contributed by atoms with E-state index in [9.17, 15) is 9.59 Å². The number of halogens is 4. The standard InChI is InChI=1S/C18H20Cl4N6O2/c19-11-7-23-8-12(20)15(11)27-17(29)25-5-3-1-2-4-6-26-18(30)28-16-13(21)9-24-10-14(16)22/h7-10H,1-6H2,(H2,23,25,27,29)(H2,24,26,28,30). The number of urea groups is 2. The number of carbonyl (C=O) groups is 2. The number of nitrogens with zero attached hydrogens (tertiary/aromatic N) is 2. The van der Waals surface area contributed by atoms with Gasteiger partial charge in [-0.3, -0.25) is 9.97 Å². The summed E-state index contributed by atoms with van der Waals surface area (Å²) in [4.78, 5) is 31.4. The van der Waals surface area contributed by atoms with Gasteiger partial charge in [0.15, 0.2) is 0 Å². The number of nitrogens with one attached hydrogen (secondary N) is 4. The highest BCUT2D eigenvalue weighted by Gasteiger charge is 2.10. The lowest BCUT2D eigenvalue weighted by Gasteiger charge is -2.11. The molecule has 2 aromatic rings. The van der Waals surface area contributed by atoms with Gasteiger partial charge in [-0.25, -0.2) is 9.59 Å². The predicted octanol–water partition coefficient (Wildman–Crippen LogP) is 5.59. The molecule has 0 aliphatic rings. The van der Waals surface area contributed by atoms with Crippen LogP contribution in [0.1, 0.15) is 25.7 Å². The summed E-state index contributed by atoms with van der Waals surface area (Å²) < 4.78 is 0. The van der Waals surface area contributed by atoms with Gasteiger partial charge in [-0.15, -0.1) is 0 Å². The van der Waals surface area contributed by atoms with Crippen molar-refractivity contribution in [3.8, 4) is 0 Å². The van der Waals surface area contributed by atoms with Crippen LogP contribution in [0.4, 0.5) is 21.0 Å². The van der Waals surface area contributed by atoms with Crippen molar-refractivity contribution < 1.29 is 9.59 Å². The molecule has 0 saturated carbocycles. The van der Waals surface area contributed by atoms with E-state index < -0.39 is 12.1 Å². The third-order valence-corrected chi connectivity index (χ3v) is 5.00. The maximum absolute atomic E-state index is 11.9. The molecule has 4 amide bonds. The minimum atomic E-state index is -0.392. The normalized spacial score (nSPS) is 10.4. The van der Waals surface area contributed by atoms with Crippen LogP contribution in [0, 0.1) is 0 Å². The van der Waals surface area contributed by atoms with Gasteiger partial charge in [0.25, 0.3) is 0 Å². The van der Waals surface area contributed by atoms with Gasteiger partial charge in [0.05, 0.1) is 31.5 Å². The minimum absolute atomic E-state index is 0.266. The summed E-state index contributed by atoms with van der Waals surface area (Å²) >= 11 is 23.8. The summed E-state index contributed by atoms with van der Waals surface area (Å²) in [5.74, 6) is 0. The molecule has 30 heavy (non-hydrogen) atoms. The van der Waals surface area contributed by atoms with Crippen LogP contribution in [0.15, 0.2) is 24.8 Å². The topological polar surface area (TPSA) is 108 Å². The minimum Gasteiger partial charge on any atom is -0.338 e. The Kier molecular flexibility index (Phi) is 10.2. The first-order valence-electron chi connectivity index (χ1n) is 9.06. The Balaban J connectivity index is 1.54. The predicted molar refractivity (Wildman–Crippen MR) is 121 cm³/mol. The maximum Gasteiger partial charge on any atom is 0.319 e. The fourth-order valence-corrected chi connectivity index (χ4v) is 3.30. The molecule has 0 aliphatic carbocycles. The van der Waals surface area contributed by atoms with Gasteiger partial charge in [0.1, 0.15) is 0 Å². The number of pyridine rings is 2. The Morgan fingerprint density at radius 1 is 0.633 bits per heavy atom. The number of amides is 4. The Morgan fingerprint density at radius 2 is 0.967 bits per heavy atom. The molecule has 0 bridgehead atoms. The summed E-state index contributed by atoms with van der Waals surface area (Å²) in [6, 6.07) is -0.784. The second-order valence-corrected chi connectivity index (χ2v) is 7.76. The quantitative estimate of drug-likeness (QED) is 0.341. The van der Waals surface area contributed by atoms with E-state index in [1.54, 1.807) is 0 Å². The maximum atomic E-state index is 11.9. The molecule has 0 saturated heterocycles. The lowest BCUT2D eigenvalue weighted by atomic mass is 10.2. The Labute approximate surface area is 194 Å². The third-order valence-electron chi connectivity index (χ3n) is 3.86. The molecule has 4 N–H and O–H groups in total. The van der Waals surface area contributed by atoms with E-state index in [0.717, 1.165) is 25.7 Å². The molecular formula is C18H20Cl4N6O2. The van der Waals surface area contributed by atoms with Crippen LogP contribution in [0.3, 0.4) is 0 Å². The molecule has 8 nitrogen and oxygen atoms in total. The molecule has 0 fully saturated rings. The van der Waals surface area contributed by atoms with E-state index in [1.165, 1.54) is 24.8 Å². The zero-order valence-corrected chi connectivity index (χ0v) is 18.8. The van der Waals surface area contributed by atoms with Crippen LogP contribution >= 0.6 is 46.4 Å². The molecule has 12 heteroatoms. The van der Waals surface area contributed by atoms with Crippen molar-refractivity contribution in [3.05, 3.63) is 44.9 Å². The zero-order valence-electron chi connectivity index (χ0n) is 15.8. The van der Waals surface area contributed by atoms with Crippen LogP contribution in [-0.4, -0.2) is 35.1 Å². The van der Waals surface area contributed by atoms with Gasteiger partial charge >= 0.3 is 12.1 Å². The second kappa shape index (κ2) is 12.6. The van der Waals surface area contributed by atoms with E-state index in [2.05, 4.69) is 31.2 Å². The van der Waals surface area contributed by atoms with Crippen molar-refractivity contribution in [1.29, 1.82) is 0 Å². The summed E-state index contributed by atoms with van der Waals surface area (Å²) in [6.07, 6.45) is 8.97. The highest BCUT2D eigenvalue weighted by molar-refractivity contribution is 6.40. The first-order chi connectivity index (χ1) is 14.4. The Hall–Kier alpha value is -2.00. The number of hydrogen-bond acceptors (Lipinski definition) is 4. The summed E-state index contributed by atoms with van der Waals surface area (Å²) in [7, 11) is 0. The average Bonchev–Trinajstić information content (AvgIpc) is 2.70. The molecule has 0 aromatic carbocycles. The van der Waals surface area contributed by atoms with Gasteiger partial charge < -0.3 is 21.3 Å². The fraction of sp³-hybridized carbons (Fsp3) is 0.333. The van der Waals surface area contributed by atoms with Crippen molar-refractivity contribution in [2.75, 3.05) is 23.7 Å². The number of rotatable bonds is 9. The molecule has 0 aliphatic heterocycles. The molecule has 2 rings (SSSR count). The van der Waals surface area contributed by atoms with Crippen LogP contribution in [-0.2, 0) is 0 Å². The van der Waals surface area contributed by atoms with Crippen LogP contribution in [0.5, 0.6) is 0 Å². The molecular weight excluding hydrogens is 474 g/mol. The molecule has 162 valence electrons. The largest absolute Gasteiger partial charge is 0.338 e. The van der Waals surface area contributed by atoms with Crippen molar-refractivity contribution in [2.45, 2.75) is 25.7 Å². The van der Waals surface area contributed by atoms with Gasteiger partial charge in [-0.1, -0.05) is 59.2 Å². The average molecular weight is 494 g/mol. The highest BCUT2D eigenvalue weighted by atomic mass is 35.5. The van der Waals surface area contributed by atoms with Crippen molar-refractivity contribution in [1.82, 2.24) is 20.6 Å². The van der Waals surface area contributed by atoms with E-state index in [0.29, 0.717) is 24.5 Å². The lowest BCUT2D eigenvalue weighted by Crippen LogP contribution is -2.30. The first-order valence-corrected chi connectivity index (χ1v) is 10.6. The summed E-state index contributed by atoms with van der Waals surface area (Å²) in [5.41, 5.74) is 0.647. The summed E-state index contributed by atoms with van der Waals surface area (Å²) in [5, 5.41) is 11.7. The first kappa shape index (κ1) is 24.3. The van der Waals surface area contributed by atoms with Crippen LogP contribution in [0.25, 0.3) is 0 Å². The van der Waals surface area contributed by atoms with Crippen molar-refractivity contribution in [2.24, 2.45) is 0 Å². The van der Waals surface area contributed by atoms with Crippen LogP contribution < -0.4 is 21.3 Å². The number of carbonyl (C=O) groups excluding carboxylic acids is 2. The van der Waals surface area contributed by atoms with Gasteiger partial charge in [-0.2, -0.15) is 0 Å². The number of hydrogen-bond donors (Lipinski definition) is 4.